The highest BCUT2D eigenvalue weighted by molar-refractivity contribution is 9.10. The maximum absolute atomic E-state index is 12.2. The van der Waals surface area contributed by atoms with Crippen LogP contribution in [0.25, 0.3) is 0 Å². The first-order valence-corrected chi connectivity index (χ1v) is 7.20. The van der Waals surface area contributed by atoms with Crippen molar-refractivity contribution in [1.82, 2.24) is 0 Å². The number of amides is 1. The van der Waals surface area contributed by atoms with Crippen LogP contribution >= 0.6 is 15.9 Å². The summed E-state index contributed by atoms with van der Waals surface area (Å²) >= 11 is 3.43. The summed E-state index contributed by atoms with van der Waals surface area (Å²) in [4.78, 5) is 12.2. The molecule has 20 heavy (non-hydrogen) atoms. The first-order valence-electron chi connectivity index (χ1n) is 6.41. The predicted molar refractivity (Wildman–Crippen MR) is 84.4 cm³/mol. The van der Waals surface area contributed by atoms with Crippen LogP contribution < -0.4 is 10.1 Å². The molecule has 0 aliphatic heterocycles. The van der Waals surface area contributed by atoms with Crippen molar-refractivity contribution in [2.24, 2.45) is 0 Å². The standard InChI is InChI=1S/C16H16BrNO2/c1-3-20-15-7-5-4-6-14(15)18-16(19)12-9-8-11(2)13(17)10-12/h4-10H,3H2,1-2H3,(H,18,19). The Labute approximate surface area is 127 Å². The van der Waals surface area contributed by atoms with Gasteiger partial charge in [-0.25, -0.2) is 0 Å². The van der Waals surface area contributed by atoms with E-state index in [-0.39, 0.29) is 5.91 Å². The van der Waals surface area contributed by atoms with E-state index in [1.54, 1.807) is 6.07 Å². The molecule has 0 spiro atoms. The molecule has 0 aromatic heterocycles. The number of aryl methyl sites for hydroxylation is 1. The van der Waals surface area contributed by atoms with Crippen LogP contribution in [0.4, 0.5) is 5.69 Å². The first-order chi connectivity index (χ1) is 9.61. The molecule has 2 aromatic carbocycles. The SMILES string of the molecule is CCOc1ccccc1NC(=O)c1ccc(C)c(Br)c1. The summed E-state index contributed by atoms with van der Waals surface area (Å²) in [6.07, 6.45) is 0. The minimum atomic E-state index is -0.155. The van der Waals surface area contributed by atoms with E-state index in [4.69, 9.17) is 4.74 Å². The number of benzene rings is 2. The van der Waals surface area contributed by atoms with Crippen molar-refractivity contribution < 1.29 is 9.53 Å². The highest BCUT2D eigenvalue weighted by Gasteiger charge is 2.10. The van der Waals surface area contributed by atoms with Gasteiger partial charge in [-0.1, -0.05) is 34.1 Å². The summed E-state index contributed by atoms with van der Waals surface area (Å²) in [5.41, 5.74) is 2.38. The molecule has 0 saturated heterocycles. The van der Waals surface area contributed by atoms with E-state index in [9.17, 15) is 4.79 Å². The molecular weight excluding hydrogens is 318 g/mol. The van der Waals surface area contributed by atoms with E-state index >= 15 is 0 Å². The third-order valence-corrected chi connectivity index (χ3v) is 3.72. The number of carbonyl (C=O) groups is 1. The van der Waals surface area contributed by atoms with Crippen molar-refractivity contribution in [2.45, 2.75) is 13.8 Å². The largest absolute Gasteiger partial charge is 0.492 e. The van der Waals surface area contributed by atoms with Gasteiger partial charge in [-0.05, 0) is 43.7 Å². The monoisotopic (exact) mass is 333 g/mol. The van der Waals surface area contributed by atoms with Crippen molar-refractivity contribution in [2.75, 3.05) is 11.9 Å². The van der Waals surface area contributed by atoms with Crippen LogP contribution in [0.1, 0.15) is 22.8 Å². The molecule has 0 aliphatic rings. The Hall–Kier alpha value is -1.81. The fourth-order valence-electron chi connectivity index (χ4n) is 1.78. The zero-order valence-corrected chi connectivity index (χ0v) is 13.0. The molecule has 1 N–H and O–H groups in total. The minimum Gasteiger partial charge on any atom is -0.492 e. The lowest BCUT2D eigenvalue weighted by Crippen LogP contribution is -2.13. The summed E-state index contributed by atoms with van der Waals surface area (Å²) in [7, 11) is 0. The highest BCUT2D eigenvalue weighted by Crippen LogP contribution is 2.25. The Morgan fingerprint density at radius 2 is 2.00 bits per heavy atom. The van der Waals surface area contributed by atoms with Crippen molar-refractivity contribution in [1.29, 1.82) is 0 Å². The Kier molecular flexibility index (Phi) is 4.79. The van der Waals surface area contributed by atoms with Gasteiger partial charge in [0.1, 0.15) is 5.75 Å². The van der Waals surface area contributed by atoms with Crippen LogP contribution in [0, 0.1) is 6.92 Å². The van der Waals surface area contributed by atoms with Crippen LogP contribution in [0.2, 0.25) is 0 Å². The Morgan fingerprint density at radius 3 is 2.70 bits per heavy atom. The Balaban J connectivity index is 2.21. The molecule has 0 radical (unpaired) electrons. The second-order valence-corrected chi connectivity index (χ2v) is 5.20. The molecule has 0 atom stereocenters. The molecule has 0 aliphatic carbocycles. The van der Waals surface area contributed by atoms with E-state index in [0.717, 1.165) is 10.0 Å². The average Bonchev–Trinajstić information content (AvgIpc) is 2.44. The number of hydrogen-bond donors (Lipinski definition) is 1. The molecular formula is C16H16BrNO2. The van der Waals surface area contributed by atoms with E-state index in [1.165, 1.54) is 0 Å². The number of anilines is 1. The Morgan fingerprint density at radius 1 is 1.25 bits per heavy atom. The van der Waals surface area contributed by atoms with Gasteiger partial charge in [0.15, 0.2) is 0 Å². The number of para-hydroxylation sites is 2. The van der Waals surface area contributed by atoms with E-state index in [2.05, 4.69) is 21.2 Å². The number of rotatable bonds is 4. The summed E-state index contributed by atoms with van der Waals surface area (Å²) < 4.78 is 6.41. The molecule has 0 unspecified atom stereocenters. The predicted octanol–water partition coefficient (Wildman–Crippen LogP) is 4.41. The molecule has 3 nitrogen and oxygen atoms in total. The van der Waals surface area contributed by atoms with E-state index in [1.807, 2.05) is 50.2 Å². The fourth-order valence-corrected chi connectivity index (χ4v) is 2.16. The molecule has 0 fully saturated rings. The molecule has 0 bridgehead atoms. The van der Waals surface area contributed by atoms with Gasteiger partial charge in [0.25, 0.3) is 5.91 Å². The molecule has 4 heteroatoms. The van der Waals surface area contributed by atoms with Gasteiger partial charge in [-0.15, -0.1) is 0 Å². The van der Waals surface area contributed by atoms with Crippen LogP contribution in [0.3, 0.4) is 0 Å². The lowest BCUT2D eigenvalue weighted by molar-refractivity contribution is 0.102. The van der Waals surface area contributed by atoms with Crippen LogP contribution in [0.5, 0.6) is 5.75 Å². The van der Waals surface area contributed by atoms with Gasteiger partial charge in [-0.2, -0.15) is 0 Å². The van der Waals surface area contributed by atoms with Gasteiger partial charge >= 0.3 is 0 Å². The molecule has 0 saturated carbocycles. The van der Waals surface area contributed by atoms with Crippen LogP contribution in [0.15, 0.2) is 46.9 Å². The Bertz CT molecular complexity index is 626. The number of halogens is 1. The van der Waals surface area contributed by atoms with E-state index < -0.39 is 0 Å². The molecule has 2 rings (SSSR count). The van der Waals surface area contributed by atoms with Crippen LogP contribution in [-0.4, -0.2) is 12.5 Å². The zero-order chi connectivity index (χ0) is 14.5. The highest BCUT2D eigenvalue weighted by atomic mass is 79.9. The number of ether oxygens (including phenoxy) is 1. The van der Waals surface area contributed by atoms with Crippen molar-refractivity contribution in [3.63, 3.8) is 0 Å². The van der Waals surface area contributed by atoms with Gasteiger partial charge < -0.3 is 10.1 Å². The topological polar surface area (TPSA) is 38.3 Å². The first kappa shape index (κ1) is 14.6. The van der Waals surface area contributed by atoms with Crippen molar-refractivity contribution >= 4 is 27.5 Å². The van der Waals surface area contributed by atoms with Gasteiger partial charge in [0, 0.05) is 10.0 Å². The second-order valence-electron chi connectivity index (χ2n) is 4.35. The van der Waals surface area contributed by atoms with Gasteiger partial charge in [0.05, 0.1) is 12.3 Å². The zero-order valence-electron chi connectivity index (χ0n) is 11.4. The molecule has 2 aromatic rings. The lowest BCUT2D eigenvalue weighted by Gasteiger charge is -2.11. The van der Waals surface area contributed by atoms with Crippen LogP contribution in [-0.2, 0) is 0 Å². The fraction of sp³-hybridized carbons (Fsp3) is 0.188. The number of hydrogen-bond acceptors (Lipinski definition) is 2. The molecule has 1 amide bonds. The molecule has 104 valence electrons. The maximum Gasteiger partial charge on any atom is 0.255 e. The summed E-state index contributed by atoms with van der Waals surface area (Å²) in [5, 5.41) is 2.87. The van der Waals surface area contributed by atoms with Gasteiger partial charge in [-0.3, -0.25) is 4.79 Å². The van der Waals surface area contributed by atoms with Crippen molar-refractivity contribution in [3.05, 3.63) is 58.1 Å². The normalized spacial score (nSPS) is 10.2. The lowest BCUT2D eigenvalue weighted by atomic mass is 10.1. The van der Waals surface area contributed by atoms with Crippen molar-refractivity contribution in [3.8, 4) is 5.75 Å². The number of nitrogens with one attached hydrogen (secondary N) is 1. The summed E-state index contributed by atoms with van der Waals surface area (Å²) in [5.74, 6) is 0.521. The minimum absolute atomic E-state index is 0.155. The summed E-state index contributed by atoms with van der Waals surface area (Å²) in [6.45, 7) is 4.45. The summed E-state index contributed by atoms with van der Waals surface area (Å²) in [6, 6.07) is 12.9. The second kappa shape index (κ2) is 6.57. The average molecular weight is 334 g/mol. The molecule has 0 heterocycles. The third-order valence-electron chi connectivity index (χ3n) is 2.87. The third kappa shape index (κ3) is 3.39. The van der Waals surface area contributed by atoms with Gasteiger partial charge in [0.2, 0.25) is 0 Å². The maximum atomic E-state index is 12.2. The smallest absolute Gasteiger partial charge is 0.255 e. The quantitative estimate of drug-likeness (QED) is 0.899. The van der Waals surface area contributed by atoms with E-state index in [0.29, 0.717) is 23.6 Å². The number of carbonyl (C=O) groups excluding carboxylic acids is 1.